The highest BCUT2D eigenvalue weighted by Crippen LogP contribution is 2.58. The maximum atomic E-state index is 12.8. The summed E-state index contributed by atoms with van der Waals surface area (Å²) in [5, 5.41) is 3.04. The predicted molar refractivity (Wildman–Crippen MR) is 83.1 cm³/mol. The Morgan fingerprint density at radius 1 is 1.38 bits per heavy atom. The Morgan fingerprint density at radius 2 is 2.10 bits per heavy atom. The third kappa shape index (κ3) is 1.79. The molecule has 3 rings (SSSR count). The van der Waals surface area contributed by atoms with E-state index in [4.69, 9.17) is 10.5 Å². The van der Waals surface area contributed by atoms with Gasteiger partial charge in [0.2, 0.25) is 5.91 Å². The van der Waals surface area contributed by atoms with Gasteiger partial charge in [-0.25, -0.2) is 0 Å². The van der Waals surface area contributed by atoms with E-state index in [2.05, 4.69) is 5.32 Å². The molecule has 1 amide bonds. The van der Waals surface area contributed by atoms with Crippen molar-refractivity contribution in [1.29, 1.82) is 0 Å². The minimum absolute atomic E-state index is 0.0899. The maximum Gasteiger partial charge on any atom is 0.245 e. The summed E-state index contributed by atoms with van der Waals surface area (Å²) < 4.78 is 5.75. The minimum Gasteiger partial charge on any atom is -0.377 e. The van der Waals surface area contributed by atoms with Crippen LogP contribution < -0.4 is 11.1 Å². The lowest BCUT2D eigenvalue weighted by atomic mass is 9.48. The predicted octanol–water partition coefficient (Wildman–Crippen LogP) is 2.38. The fourth-order valence-corrected chi connectivity index (χ4v) is 3.96. The first-order valence-corrected chi connectivity index (χ1v) is 7.58. The molecule has 1 aromatic carbocycles. The van der Waals surface area contributed by atoms with Crippen molar-refractivity contribution in [3.63, 3.8) is 0 Å². The van der Waals surface area contributed by atoms with Gasteiger partial charge in [-0.1, -0.05) is 26.0 Å². The number of rotatable bonds is 2. The van der Waals surface area contributed by atoms with Crippen molar-refractivity contribution in [1.82, 2.24) is 0 Å². The number of ether oxygens (including phenoxy) is 1. The second-order valence-corrected chi connectivity index (χ2v) is 6.98. The number of nitrogens with two attached hydrogens (primary N) is 1. The first-order chi connectivity index (χ1) is 9.80. The summed E-state index contributed by atoms with van der Waals surface area (Å²) in [6.45, 7) is 8.82. The van der Waals surface area contributed by atoms with Crippen LogP contribution in [0.4, 0.5) is 5.69 Å². The number of carbonyl (C=O) groups excluding carboxylic acids is 1. The van der Waals surface area contributed by atoms with Gasteiger partial charge in [-0.3, -0.25) is 4.79 Å². The summed E-state index contributed by atoms with van der Waals surface area (Å²) in [5.41, 5.74) is 8.46. The Bertz CT molecular complexity index is 596. The number of nitrogens with one attached hydrogen (secondary N) is 1. The number of hydrogen-bond donors (Lipinski definition) is 2. The second-order valence-electron chi connectivity index (χ2n) is 6.98. The lowest BCUT2D eigenvalue weighted by molar-refractivity contribution is -0.170. The van der Waals surface area contributed by atoms with E-state index in [1.807, 2.05) is 45.9 Å². The van der Waals surface area contributed by atoms with Crippen molar-refractivity contribution in [2.45, 2.75) is 45.8 Å². The number of aryl methyl sites for hydroxylation is 1. The van der Waals surface area contributed by atoms with E-state index in [0.717, 1.165) is 23.2 Å². The quantitative estimate of drug-likeness (QED) is 0.878. The summed E-state index contributed by atoms with van der Waals surface area (Å²) in [4.78, 5) is 12.8. The second kappa shape index (κ2) is 4.55. The molecule has 1 saturated heterocycles. The van der Waals surface area contributed by atoms with Gasteiger partial charge in [-0.05, 0) is 37.5 Å². The Balaban J connectivity index is 1.87. The summed E-state index contributed by atoms with van der Waals surface area (Å²) in [5.74, 6) is 0.0329. The molecule has 0 spiro atoms. The first-order valence-electron chi connectivity index (χ1n) is 7.58. The molecule has 1 aromatic rings. The molecule has 0 bridgehead atoms. The van der Waals surface area contributed by atoms with Crippen molar-refractivity contribution < 1.29 is 9.53 Å². The average Bonchev–Trinajstić information content (AvgIpc) is 2.91. The van der Waals surface area contributed by atoms with Crippen LogP contribution in [-0.4, -0.2) is 24.2 Å². The summed E-state index contributed by atoms with van der Waals surface area (Å²) in [7, 11) is 0. The van der Waals surface area contributed by atoms with Crippen LogP contribution in [0, 0.1) is 25.2 Å². The Hall–Kier alpha value is -1.39. The van der Waals surface area contributed by atoms with Crippen molar-refractivity contribution in [2.75, 3.05) is 11.9 Å². The molecular weight excluding hydrogens is 264 g/mol. The number of fused-ring (bicyclic) bond motifs is 1. The van der Waals surface area contributed by atoms with Gasteiger partial charge in [0.1, 0.15) is 5.54 Å². The van der Waals surface area contributed by atoms with Gasteiger partial charge in [0.15, 0.2) is 0 Å². The van der Waals surface area contributed by atoms with Crippen LogP contribution in [0.3, 0.4) is 0 Å². The van der Waals surface area contributed by atoms with Crippen molar-refractivity contribution in [3.05, 3.63) is 29.3 Å². The van der Waals surface area contributed by atoms with Crippen LogP contribution in [0.2, 0.25) is 0 Å². The van der Waals surface area contributed by atoms with Crippen LogP contribution in [0.5, 0.6) is 0 Å². The Labute approximate surface area is 126 Å². The molecule has 1 aliphatic heterocycles. The Kier molecular flexibility index (Phi) is 3.15. The van der Waals surface area contributed by atoms with Crippen LogP contribution in [0.1, 0.15) is 31.4 Å². The molecule has 0 radical (unpaired) electrons. The zero-order chi connectivity index (χ0) is 15.4. The molecule has 3 atom stereocenters. The van der Waals surface area contributed by atoms with E-state index in [0.29, 0.717) is 6.61 Å². The largest absolute Gasteiger partial charge is 0.377 e. The molecule has 4 heteroatoms. The van der Waals surface area contributed by atoms with Crippen molar-refractivity contribution in [3.8, 4) is 0 Å². The van der Waals surface area contributed by atoms with E-state index >= 15 is 0 Å². The molecule has 3 N–H and O–H groups in total. The Morgan fingerprint density at radius 3 is 2.81 bits per heavy atom. The SMILES string of the molecule is Cc1cccc(NC(=O)C2(N)C3CCOC3C2(C)C)c1C. The molecular formula is C17H24N2O2. The average molecular weight is 288 g/mol. The monoisotopic (exact) mass is 288 g/mol. The highest BCUT2D eigenvalue weighted by molar-refractivity contribution is 6.00. The van der Waals surface area contributed by atoms with Gasteiger partial charge in [-0.2, -0.15) is 0 Å². The number of carbonyl (C=O) groups is 1. The summed E-state index contributed by atoms with van der Waals surface area (Å²) >= 11 is 0. The van der Waals surface area contributed by atoms with Gasteiger partial charge in [-0.15, -0.1) is 0 Å². The molecule has 0 aromatic heterocycles. The fraction of sp³-hybridized carbons (Fsp3) is 0.588. The maximum absolute atomic E-state index is 12.8. The highest BCUT2D eigenvalue weighted by Gasteiger charge is 2.71. The molecule has 1 saturated carbocycles. The van der Waals surface area contributed by atoms with E-state index in [1.54, 1.807) is 0 Å². The summed E-state index contributed by atoms with van der Waals surface area (Å²) in [6, 6.07) is 5.92. The number of anilines is 1. The normalized spacial score (nSPS) is 33.2. The van der Waals surface area contributed by atoms with Crippen LogP contribution >= 0.6 is 0 Å². The number of amides is 1. The molecule has 2 fully saturated rings. The van der Waals surface area contributed by atoms with Crippen LogP contribution in [-0.2, 0) is 9.53 Å². The lowest BCUT2D eigenvalue weighted by Gasteiger charge is -2.60. The first kappa shape index (κ1) is 14.5. The van der Waals surface area contributed by atoms with Crippen molar-refractivity contribution in [2.24, 2.45) is 17.1 Å². The molecule has 2 aliphatic rings. The van der Waals surface area contributed by atoms with Crippen molar-refractivity contribution >= 4 is 11.6 Å². The van der Waals surface area contributed by atoms with Gasteiger partial charge >= 0.3 is 0 Å². The van der Waals surface area contributed by atoms with Gasteiger partial charge in [0.25, 0.3) is 0 Å². The minimum atomic E-state index is -0.857. The smallest absolute Gasteiger partial charge is 0.245 e. The van der Waals surface area contributed by atoms with E-state index in [1.165, 1.54) is 0 Å². The number of benzene rings is 1. The molecule has 114 valence electrons. The van der Waals surface area contributed by atoms with Gasteiger partial charge in [0.05, 0.1) is 6.10 Å². The van der Waals surface area contributed by atoms with E-state index in [-0.39, 0.29) is 23.3 Å². The zero-order valence-corrected chi connectivity index (χ0v) is 13.2. The van der Waals surface area contributed by atoms with E-state index < -0.39 is 5.54 Å². The van der Waals surface area contributed by atoms with Crippen LogP contribution in [0.15, 0.2) is 18.2 Å². The molecule has 3 unspecified atom stereocenters. The number of hydrogen-bond acceptors (Lipinski definition) is 3. The molecule has 1 aliphatic carbocycles. The topological polar surface area (TPSA) is 64.4 Å². The van der Waals surface area contributed by atoms with Crippen LogP contribution in [0.25, 0.3) is 0 Å². The lowest BCUT2D eigenvalue weighted by Crippen LogP contribution is -2.79. The molecule has 4 nitrogen and oxygen atoms in total. The molecule has 21 heavy (non-hydrogen) atoms. The highest BCUT2D eigenvalue weighted by atomic mass is 16.5. The van der Waals surface area contributed by atoms with E-state index in [9.17, 15) is 4.79 Å². The van der Waals surface area contributed by atoms with Gasteiger partial charge < -0.3 is 15.8 Å². The summed E-state index contributed by atoms with van der Waals surface area (Å²) in [6.07, 6.45) is 0.969. The molecule has 1 heterocycles. The third-order valence-electron chi connectivity index (χ3n) is 5.68. The fourth-order valence-electron chi connectivity index (χ4n) is 3.96. The van der Waals surface area contributed by atoms with Gasteiger partial charge in [0, 0.05) is 23.6 Å². The third-order valence-corrected chi connectivity index (χ3v) is 5.68. The standard InChI is InChI=1S/C17H24N2O2/c1-10-6-5-7-13(11(10)2)19-15(20)17(18)12-8-9-21-14(12)16(17,3)4/h5-7,12,14H,8-9,18H2,1-4H3,(H,19,20). The zero-order valence-electron chi connectivity index (χ0n) is 13.2.